The van der Waals surface area contributed by atoms with Crippen molar-refractivity contribution in [3.63, 3.8) is 0 Å². The molecule has 0 spiro atoms. The van der Waals surface area contributed by atoms with Gasteiger partial charge in [-0.05, 0) is 35.0 Å². The SMILES string of the molecule is CCSC[C@H](SCC)[C@@H](SCC)c1cc(OC)c(O)c(OC)c1. The fraction of sp³-hybridized carbons (Fsp3) is 0.647. The Morgan fingerprint density at radius 2 is 1.52 bits per heavy atom. The van der Waals surface area contributed by atoms with Crippen LogP contribution in [0.1, 0.15) is 31.6 Å². The molecule has 0 saturated carbocycles. The molecule has 1 N–H and O–H groups in total. The summed E-state index contributed by atoms with van der Waals surface area (Å²) in [6.07, 6.45) is 0. The highest BCUT2D eigenvalue weighted by Gasteiger charge is 2.26. The monoisotopic (exact) mass is 376 g/mol. The minimum atomic E-state index is 0.0710. The topological polar surface area (TPSA) is 38.7 Å². The van der Waals surface area contributed by atoms with Crippen LogP contribution in [0.15, 0.2) is 12.1 Å². The van der Waals surface area contributed by atoms with E-state index in [1.54, 1.807) is 14.2 Å². The first-order chi connectivity index (χ1) is 11.1. The third-order valence-electron chi connectivity index (χ3n) is 3.38. The summed E-state index contributed by atoms with van der Waals surface area (Å²) in [4.78, 5) is 0. The van der Waals surface area contributed by atoms with Crippen LogP contribution >= 0.6 is 35.3 Å². The van der Waals surface area contributed by atoms with Gasteiger partial charge < -0.3 is 14.6 Å². The number of rotatable bonds is 11. The summed E-state index contributed by atoms with van der Waals surface area (Å²) in [7, 11) is 3.15. The van der Waals surface area contributed by atoms with Crippen molar-refractivity contribution in [3.8, 4) is 17.2 Å². The molecule has 3 nitrogen and oxygen atoms in total. The summed E-state index contributed by atoms with van der Waals surface area (Å²) in [5, 5.41) is 11.0. The van der Waals surface area contributed by atoms with Gasteiger partial charge in [0.25, 0.3) is 0 Å². The van der Waals surface area contributed by atoms with Crippen molar-refractivity contribution in [3.05, 3.63) is 17.7 Å². The third kappa shape index (κ3) is 5.91. The normalized spacial score (nSPS) is 13.6. The van der Waals surface area contributed by atoms with Crippen LogP contribution in [-0.4, -0.2) is 47.6 Å². The zero-order chi connectivity index (χ0) is 17.2. The maximum atomic E-state index is 10.1. The van der Waals surface area contributed by atoms with Crippen molar-refractivity contribution < 1.29 is 14.6 Å². The molecule has 1 rings (SSSR count). The van der Waals surface area contributed by atoms with Crippen LogP contribution in [0.2, 0.25) is 0 Å². The molecule has 0 aliphatic heterocycles. The number of hydrogen-bond acceptors (Lipinski definition) is 6. The van der Waals surface area contributed by atoms with Gasteiger partial charge in [-0.1, -0.05) is 20.8 Å². The van der Waals surface area contributed by atoms with Gasteiger partial charge in [-0.2, -0.15) is 35.3 Å². The first kappa shape index (κ1) is 20.7. The first-order valence-corrected chi connectivity index (χ1v) is 11.1. The van der Waals surface area contributed by atoms with Crippen molar-refractivity contribution in [2.24, 2.45) is 0 Å². The van der Waals surface area contributed by atoms with Crippen molar-refractivity contribution in [1.82, 2.24) is 0 Å². The van der Waals surface area contributed by atoms with Gasteiger partial charge in [-0.3, -0.25) is 0 Å². The van der Waals surface area contributed by atoms with Crippen molar-refractivity contribution in [2.45, 2.75) is 31.3 Å². The van der Waals surface area contributed by atoms with Crippen LogP contribution in [0, 0.1) is 0 Å². The Morgan fingerprint density at radius 3 is 1.96 bits per heavy atom. The van der Waals surface area contributed by atoms with Crippen LogP contribution in [0.25, 0.3) is 0 Å². The minimum absolute atomic E-state index is 0.0710. The molecule has 0 heterocycles. The first-order valence-electron chi connectivity index (χ1n) is 7.88. The average molecular weight is 377 g/mol. The quantitative estimate of drug-likeness (QED) is 0.581. The molecule has 132 valence electrons. The predicted molar refractivity (Wildman–Crippen MR) is 107 cm³/mol. The maximum absolute atomic E-state index is 10.1. The van der Waals surface area contributed by atoms with E-state index in [0.717, 1.165) is 28.6 Å². The lowest BCUT2D eigenvalue weighted by Crippen LogP contribution is -2.17. The van der Waals surface area contributed by atoms with E-state index in [0.29, 0.717) is 22.0 Å². The average Bonchev–Trinajstić information content (AvgIpc) is 2.57. The number of phenols is 1. The van der Waals surface area contributed by atoms with Gasteiger partial charge >= 0.3 is 0 Å². The summed E-state index contributed by atoms with van der Waals surface area (Å²) in [5.41, 5.74) is 1.16. The highest BCUT2D eigenvalue weighted by molar-refractivity contribution is 8.05. The number of phenolic OH excluding ortho intramolecular Hbond substituents is 1. The second kappa shape index (κ2) is 11.3. The van der Waals surface area contributed by atoms with E-state index in [1.807, 2.05) is 47.4 Å². The number of ether oxygens (including phenoxy) is 2. The minimum Gasteiger partial charge on any atom is -0.502 e. The molecule has 0 aliphatic rings. The molecule has 0 aromatic heterocycles. The van der Waals surface area contributed by atoms with Gasteiger partial charge in [0.2, 0.25) is 5.75 Å². The van der Waals surface area contributed by atoms with Crippen LogP contribution in [-0.2, 0) is 0 Å². The Morgan fingerprint density at radius 1 is 0.957 bits per heavy atom. The van der Waals surface area contributed by atoms with E-state index in [4.69, 9.17) is 9.47 Å². The van der Waals surface area contributed by atoms with Crippen LogP contribution in [0.4, 0.5) is 0 Å². The largest absolute Gasteiger partial charge is 0.502 e. The molecule has 1 aromatic carbocycles. The molecule has 0 fully saturated rings. The van der Waals surface area contributed by atoms with E-state index in [1.165, 1.54) is 0 Å². The van der Waals surface area contributed by atoms with Gasteiger partial charge in [0, 0.05) is 16.3 Å². The van der Waals surface area contributed by atoms with Crippen molar-refractivity contribution in [2.75, 3.05) is 37.2 Å². The fourth-order valence-electron chi connectivity index (χ4n) is 2.35. The summed E-state index contributed by atoms with van der Waals surface area (Å²) < 4.78 is 10.7. The van der Waals surface area contributed by atoms with Crippen molar-refractivity contribution >= 4 is 35.3 Å². The van der Waals surface area contributed by atoms with E-state index in [9.17, 15) is 5.11 Å². The number of thioether (sulfide) groups is 3. The maximum Gasteiger partial charge on any atom is 0.200 e. The van der Waals surface area contributed by atoms with E-state index < -0.39 is 0 Å². The molecular weight excluding hydrogens is 348 g/mol. The Kier molecular flexibility index (Phi) is 10.1. The molecule has 0 radical (unpaired) electrons. The lowest BCUT2D eigenvalue weighted by molar-refractivity contribution is 0.339. The van der Waals surface area contributed by atoms with Gasteiger partial charge in [-0.25, -0.2) is 0 Å². The Balaban J connectivity index is 3.20. The molecule has 0 saturated heterocycles. The highest BCUT2D eigenvalue weighted by atomic mass is 32.2. The highest BCUT2D eigenvalue weighted by Crippen LogP contribution is 2.45. The summed E-state index contributed by atoms with van der Waals surface area (Å²) in [5.74, 6) is 5.43. The van der Waals surface area contributed by atoms with Crippen LogP contribution < -0.4 is 9.47 Å². The number of benzene rings is 1. The predicted octanol–water partition coefficient (Wildman–Crippen LogP) is 5.08. The van der Waals surface area contributed by atoms with Gasteiger partial charge in [0.15, 0.2) is 11.5 Å². The summed E-state index contributed by atoms with van der Waals surface area (Å²) in [6.45, 7) is 6.60. The van der Waals surface area contributed by atoms with Crippen LogP contribution in [0.3, 0.4) is 0 Å². The lowest BCUT2D eigenvalue weighted by atomic mass is 10.1. The molecule has 0 amide bonds. The van der Waals surface area contributed by atoms with E-state index in [2.05, 4.69) is 20.8 Å². The summed E-state index contributed by atoms with van der Waals surface area (Å²) >= 11 is 5.93. The number of hydrogen-bond donors (Lipinski definition) is 1. The van der Waals surface area contributed by atoms with E-state index >= 15 is 0 Å². The third-order valence-corrected chi connectivity index (χ3v) is 7.26. The Labute approximate surface area is 153 Å². The second-order valence-corrected chi connectivity index (χ2v) is 9.06. The lowest BCUT2D eigenvalue weighted by Gasteiger charge is -2.27. The molecule has 2 atom stereocenters. The smallest absolute Gasteiger partial charge is 0.200 e. The second-order valence-electron chi connectivity index (χ2n) is 4.80. The van der Waals surface area contributed by atoms with Gasteiger partial charge in [0.1, 0.15) is 0 Å². The van der Waals surface area contributed by atoms with Gasteiger partial charge in [0.05, 0.1) is 14.2 Å². The van der Waals surface area contributed by atoms with Crippen LogP contribution in [0.5, 0.6) is 17.2 Å². The Bertz CT molecular complexity index is 443. The zero-order valence-corrected chi connectivity index (χ0v) is 17.1. The van der Waals surface area contributed by atoms with Crippen molar-refractivity contribution in [1.29, 1.82) is 0 Å². The molecule has 0 bridgehead atoms. The van der Waals surface area contributed by atoms with E-state index in [-0.39, 0.29) is 5.75 Å². The molecule has 23 heavy (non-hydrogen) atoms. The van der Waals surface area contributed by atoms with Gasteiger partial charge in [-0.15, -0.1) is 0 Å². The molecule has 1 aromatic rings. The molecule has 0 aliphatic carbocycles. The molecule has 0 unspecified atom stereocenters. The standard InChI is InChI=1S/C17H28O3S3/c1-6-21-11-15(22-7-2)17(23-8-3)12-9-13(19-4)16(18)14(10-12)20-5/h9-10,15,17-18H,6-8,11H2,1-5H3/t15-,17-/m0/s1. The number of aromatic hydroxyl groups is 1. The summed E-state index contributed by atoms with van der Waals surface area (Å²) in [6, 6.07) is 3.90. The fourth-order valence-corrected chi connectivity index (χ4v) is 6.03. The molecular formula is C17H28O3S3. The molecule has 6 heteroatoms. The Hall–Kier alpha value is -0.330. The zero-order valence-electron chi connectivity index (χ0n) is 14.6. The number of methoxy groups -OCH3 is 2.